The lowest BCUT2D eigenvalue weighted by Crippen LogP contribution is -2.14. The second-order valence-corrected chi connectivity index (χ2v) is 6.21. The van der Waals surface area contributed by atoms with Crippen molar-refractivity contribution in [1.82, 2.24) is 4.98 Å². The minimum Gasteiger partial charge on any atom is -0.501 e. The van der Waals surface area contributed by atoms with E-state index in [1.54, 1.807) is 5.38 Å². The van der Waals surface area contributed by atoms with Crippen LogP contribution in [0.1, 0.15) is 6.92 Å². The Morgan fingerprint density at radius 2 is 2.17 bits per heavy atom. The predicted octanol–water partition coefficient (Wildman–Crippen LogP) is 1.58. The van der Waals surface area contributed by atoms with E-state index in [0.717, 1.165) is 0 Å². The lowest BCUT2D eigenvalue weighted by atomic mass is 10.4. The van der Waals surface area contributed by atoms with Crippen LogP contribution in [0.5, 0.6) is 11.5 Å². The van der Waals surface area contributed by atoms with Gasteiger partial charge < -0.3 is 14.6 Å². The molecule has 2 heterocycles. The van der Waals surface area contributed by atoms with Gasteiger partial charge in [-0.1, -0.05) is 0 Å². The summed E-state index contributed by atoms with van der Waals surface area (Å²) in [5, 5.41) is 21.2. The lowest BCUT2D eigenvalue weighted by molar-refractivity contribution is 0.410. The molecule has 2 aromatic rings. The highest BCUT2D eigenvalue weighted by atomic mass is 32.2. The van der Waals surface area contributed by atoms with E-state index in [9.17, 15) is 18.6 Å². The highest BCUT2D eigenvalue weighted by Crippen LogP contribution is 2.45. The summed E-state index contributed by atoms with van der Waals surface area (Å²) in [7, 11) is -3.60. The molecule has 0 aliphatic rings. The number of aromatic nitrogens is 1. The van der Waals surface area contributed by atoms with E-state index < -0.39 is 27.4 Å². The highest BCUT2D eigenvalue weighted by molar-refractivity contribution is 7.92. The topological polar surface area (TPSA) is 113 Å². The minimum absolute atomic E-state index is 0.0729. The molecule has 0 saturated carbocycles. The van der Waals surface area contributed by atoms with Gasteiger partial charge in [-0.15, -0.1) is 11.3 Å². The molecule has 0 aromatic carbocycles. The zero-order valence-corrected chi connectivity index (χ0v) is 10.9. The van der Waals surface area contributed by atoms with E-state index in [0.29, 0.717) is 5.01 Å². The monoisotopic (exact) mass is 290 g/mol. The Hall–Kier alpha value is -1.74. The number of furan rings is 1. The molecule has 18 heavy (non-hydrogen) atoms. The van der Waals surface area contributed by atoms with E-state index in [1.807, 2.05) is 4.72 Å². The van der Waals surface area contributed by atoms with Crippen molar-refractivity contribution in [2.45, 2.75) is 6.92 Å². The first-order valence-corrected chi connectivity index (χ1v) is 7.43. The Bertz CT molecular complexity index is 645. The van der Waals surface area contributed by atoms with Crippen LogP contribution in [0.25, 0.3) is 10.8 Å². The van der Waals surface area contributed by atoms with Crippen LogP contribution in [0.4, 0.5) is 5.88 Å². The van der Waals surface area contributed by atoms with Crippen molar-refractivity contribution in [3.8, 4) is 22.3 Å². The first-order valence-electron chi connectivity index (χ1n) is 4.89. The first kappa shape index (κ1) is 12.7. The SMILES string of the molecule is CCS(=O)(=O)Nc1oc(-c2nccs2)c(O)c1O. The number of thiazole rings is 1. The summed E-state index contributed by atoms with van der Waals surface area (Å²) in [4.78, 5) is 3.89. The quantitative estimate of drug-likeness (QED) is 0.788. The third-order valence-corrected chi connectivity index (χ3v) is 4.14. The van der Waals surface area contributed by atoms with Gasteiger partial charge in [0, 0.05) is 11.6 Å². The summed E-state index contributed by atoms with van der Waals surface area (Å²) in [6.07, 6.45) is 1.49. The van der Waals surface area contributed by atoms with Crippen LogP contribution < -0.4 is 4.72 Å². The van der Waals surface area contributed by atoms with Gasteiger partial charge in [-0.25, -0.2) is 18.1 Å². The molecule has 0 radical (unpaired) electrons. The van der Waals surface area contributed by atoms with Gasteiger partial charge in [0.2, 0.25) is 27.3 Å². The average molecular weight is 290 g/mol. The number of rotatable bonds is 4. The number of anilines is 1. The number of aromatic hydroxyl groups is 2. The van der Waals surface area contributed by atoms with Gasteiger partial charge in [0.15, 0.2) is 5.01 Å². The van der Waals surface area contributed by atoms with Crippen LogP contribution in [-0.2, 0) is 10.0 Å². The molecule has 0 aliphatic carbocycles. The number of hydrogen-bond donors (Lipinski definition) is 3. The largest absolute Gasteiger partial charge is 0.501 e. The van der Waals surface area contributed by atoms with Crippen LogP contribution in [0.3, 0.4) is 0 Å². The second-order valence-electron chi connectivity index (χ2n) is 3.30. The van der Waals surface area contributed by atoms with Crippen LogP contribution >= 0.6 is 11.3 Å². The van der Waals surface area contributed by atoms with Crippen molar-refractivity contribution in [2.75, 3.05) is 10.5 Å². The Morgan fingerprint density at radius 1 is 1.44 bits per heavy atom. The molecule has 0 spiro atoms. The van der Waals surface area contributed by atoms with Crippen molar-refractivity contribution in [3.63, 3.8) is 0 Å². The van der Waals surface area contributed by atoms with Gasteiger partial charge >= 0.3 is 0 Å². The molecule has 0 saturated heterocycles. The summed E-state index contributed by atoms with van der Waals surface area (Å²) in [5.74, 6) is -1.87. The summed E-state index contributed by atoms with van der Waals surface area (Å²) in [5.41, 5.74) is 0. The van der Waals surface area contributed by atoms with Gasteiger partial charge in [0.1, 0.15) is 0 Å². The highest BCUT2D eigenvalue weighted by Gasteiger charge is 2.24. The predicted molar refractivity (Wildman–Crippen MR) is 66.2 cm³/mol. The number of nitrogens with zero attached hydrogens (tertiary/aromatic N) is 1. The molecule has 0 amide bonds. The number of hydrogen-bond acceptors (Lipinski definition) is 7. The van der Waals surface area contributed by atoms with Crippen molar-refractivity contribution in [2.24, 2.45) is 0 Å². The molecule has 9 heteroatoms. The molecule has 0 fully saturated rings. The first-order chi connectivity index (χ1) is 8.44. The molecular weight excluding hydrogens is 280 g/mol. The fourth-order valence-corrected chi connectivity index (χ4v) is 2.36. The standard InChI is InChI=1S/C9H10N2O5S2/c1-2-18(14,15)11-8-6(13)5(12)7(16-8)9-10-3-4-17-9/h3-4,11-13H,2H2,1H3. The second kappa shape index (κ2) is 4.50. The molecule has 7 nitrogen and oxygen atoms in total. The summed E-state index contributed by atoms with van der Waals surface area (Å²) < 4.78 is 29.8. The average Bonchev–Trinajstić information content (AvgIpc) is 2.93. The third kappa shape index (κ3) is 2.27. The smallest absolute Gasteiger partial charge is 0.253 e. The van der Waals surface area contributed by atoms with Gasteiger partial charge in [-0.2, -0.15) is 0 Å². The van der Waals surface area contributed by atoms with Crippen LogP contribution in [0, 0.1) is 0 Å². The molecule has 0 aliphatic heterocycles. The van der Waals surface area contributed by atoms with E-state index in [2.05, 4.69) is 4.98 Å². The molecule has 0 atom stereocenters. The molecular formula is C9H10N2O5S2. The molecule has 98 valence electrons. The number of sulfonamides is 1. The zero-order valence-electron chi connectivity index (χ0n) is 9.24. The van der Waals surface area contributed by atoms with Crippen LogP contribution in [0.15, 0.2) is 16.0 Å². The fraction of sp³-hybridized carbons (Fsp3) is 0.222. The maximum absolute atomic E-state index is 11.4. The van der Waals surface area contributed by atoms with E-state index in [-0.39, 0.29) is 11.5 Å². The Kier molecular flexibility index (Phi) is 3.18. The Labute approximate surface area is 107 Å². The maximum atomic E-state index is 11.4. The van der Waals surface area contributed by atoms with Crippen LogP contribution in [0.2, 0.25) is 0 Å². The molecule has 2 rings (SSSR count). The van der Waals surface area contributed by atoms with Crippen LogP contribution in [-0.4, -0.2) is 29.4 Å². The van der Waals surface area contributed by atoms with Crippen molar-refractivity contribution < 1.29 is 23.0 Å². The van der Waals surface area contributed by atoms with E-state index in [1.165, 1.54) is 24.5 Å². The van der Waals surface area contributed by atoms with Gasteiger partial charge in [-0.05, 0) is 6.92 Å². The molecule has 0 unspecified atom stereocenters. The lowest BCUT2D eigenvalue weighted by Gasteiger charge is -2.01. The van der Waals surface area contributed by atoms with Crippen molar-refractivity contribution >= 4 is 27.2 Å². The van der Waals surface area contributed by atoms with Crippen molar-refractivity contribution in [3.05, 3.63) is 11.6 Å². The van der Waals surface area contributed by atoms with Crippen molar-refractivity contribution in [1.29, 1.82) is 0 Å². The summed E-state index contributed by atoms with van der Waals surface area (Å²) in [6.45, 7) is 1.43. The molecule has 3 N–H and O–H groups in total. The maximum Gasteiger partial charge on any atom is 0.253 e. The number of nitrogens with one attached hydrogen (secondary N) is 1. The Morgan fingerprint density at radius 3 is 2.72 bits per heavy atom. The van der Waals surface area contributed by atoms with E-state index >= 15 is 0 Å². The minimum atomic E-state index is -3.60. The Balaban J connectivity index is 2.43. The zero-order chi connectivity index (χ0) is 13.3. The summed E-state index contributed by atoms with van der Waals surface area (Å²) in [6, 6.07) is 0. The van der Waals surface area contributed by atoms with Gasteiger partial charge in [0.25, 0.3) is 5.88 Å². The summed E-state index contributed by atoms with van der Waals surface area (Å²) >= 11 is 1.18. The van der Waals surface area contributed by atoms with Gasteiger partial charge in [-0.3, -0.25) is 0 Å². The third-order valence-electron chi connectivity index (χ3n) is 2.11. The molecule has 0 bridgehead atoms. The normalized spacial score (nSPS) is 11.6. The fourth-order valence-electron chi connectivity index (χ4n) is 1.18. The molecule has 2 aromatic heterocycles. The van der Waals surface area contributed by atoms with E-state index in [4.69, 9.17) is 4.42 Å². The van der Waals surface area contributed by atoms with Gasteiger partial charge in [0.05, 0.1) is 5.75 Å².